The van der Waals surface area contributed by atoms with Crippen LogP contribution in [0.15, 0.2) is 4.52 Å². The van der Waals surface area contributed by atoms with Crippen LogP contribution in [0.2, 0.25) is 0 Å². The van der Waals surface area contributed by atoms with E-state index in [1.54, 1.807) is 0 Å². The molecule has 0 unspecified atom stereocenters. The fourth-order valence-electron chi connectivity index (χ4n) is 1.44. The SMILES string of the molecule is CCNCCNC(=O)Cc1c(C)noc1C. The van der Waals surface area contributed by atoms with Crippen molar-refractivity contribution in [3.63, 3.8) is 0 Å². The molecule has 5 heteroatoms. The lowest BCUT2D eigenvalue weighted by Gasteiger charge is -2.05. The summed E-state index contributed by atoms with van der Waals surface area (Å²) in [7, 11) is 0. The highest BCUT2D eigenvalue weighted by Gasteiger charge is 2.12. The van der Waals surface area contributed by atoms with Crippen molar-refractivity contribution in [3.8, 4) is 0 Å². The van der Waals surface area contributed by atoms with Gasteiger partial charge < -0.3 is 15.2 Å². The highest BCUT2D eigenvalue weighted by Crippen LogP contribution is 2.12. The zero-order chi connectivity index (χ0) is 12.0. The normalized spacial score (nSPS) is 10.4. The number of likely N-dealkylation sites (N-methyl/N-ethyl adjacent to an activating group) is 1. The molecule has 0 aliphatic rings. The van der Waals surface area contributed by atoms with Gasteiger partial charge in [0.15, 0.2) is 0 Å². The highest BCUT2D eigenvalue weighted by molar-refractivity contribution is 5.78. The van der Waals surface area contributed by atoms with Crippen molar-refractivity contribution >= 4 is 5.91 Å². The number of hydrogen-bond acceptors (Lipinski definition) is 4. The topological polar surface area (TPSA) is 67.2 Å². The molecule has 1 aromatic rings. The van der Waals surface area contributed by atoms with Crippen LogP contribution in [0.3, 0.4) is 0 Å². The minimum Gasteiger partial charge on any atom is -0.361 e. The van der Waals surface area contributed by atoms with Gasteiger partial charge in [-0.2, -0.15) is 0 Å². The van der Waals surface area contributed by atoms with Crippen molar-refractivity contribution in [2.75, 3.05) is 19.6 Å². The first-order valence-electron chi connectivity index (χ1n) is 5.54. The fourth-order valence-corrected chi connectivity index (χ4v) is 1.44. The molecule has 0 aliphatic carbocycles. The maximum absolute atomic E-state index is 11.6. The second-order valence-electron chi connectivity index (χ2n) is 3.68. The average Bonchev–Trinajstić information content (AvgIpc) is 2.56. The Bertz CT molecular complexity index is 327. The molecule has 0 saturated heterocycles. The molecule has 0 atom stereocenters. The Morgan fingerprint density at radius 3 is 2.69 bits per heavy atom. The number of nitrogens with one attached hydrogen (secondary N) is 2. The van der Waals surface area contributed by atoms with Crippen molar-refractivity contribution in [2.45, 2.75) is 27.2 Å². The minimum absolute atomic E-state index is 0.00676. The molecule has 16 heavy (non-hydrogen) atoms. The van der Waals surface area contributed by atoms with Crippen molar-refractivity contribution in [3.05, 3.63) is 17.0 Å². The molecule has 0 saturated carbocycles. The zero-order valence-corrected chi connectivity index (χ0v) is 10.1. The standard InChI is InChI=1S/C11H19N3O2/c1-4-12-5-6-13-11(15)7-10-8(2)14-16-9(10)3/h12H,4-7H2,1-3H3,(H,13,15). The molecule has 0 spiro atoms. The summed E-state index contributed by atoms with van der Waals surface area (Å²) in [6, 6.07) is 0. The van der Waals surface area contributed by atoms with Crippen molar-refractivity contribution < 1.29 is 9.32 Å². The molecule has 1 rings (SSSR count). The molecule has 0 fully saturated rings. The predicted molar refractivity (Wildman–Crippen MR) is 61.2 cm³/mol. The molecular weight excluding hydrogens is 206 g/mol. The third-order valence-corrected chi connectivity index (χ3v) is 2.39. The molecule has 0 aliphatic heterocycles. The van der Waals surface area contributed by atoms with Gasteiger partial charge in [0.1, 0.15) is 5.76 Å². The van der Waals surface area contributed by atoms with Crippen LogP contribution in [0.5, 0.6) is 0 Å². The van der Waals surface area contributed by atoms with Gasteiger partial charge in [0.2, 0.25) is 5.91 Å². The summed E-state index contributed by atoms with van der Waals surface area (Å²) < 4.78 is 5.00. The summed E-state index contributed by atoms with van der Waals surface area (Å²) in [6.07, 6.45) is 0.341. The second-order valence-corrected chi connectivity index (χ2v) is 3.68. The molecule has 1 amide bonds. The Kier molecular flexibility index (Phi) is 4.98. The van der Waals surface area contributed by atoms with Gasteiger partial charge in [-0.15, -0.1) is 0 Å². The van der Waals surface area contributed by atoms with Crippen LogP contribution in [0.25, 0.3) is 0 Å². The van der Waals surface area contributed by atoms with E-state index in [1.807, 2.05) is 20.8 Å². The predicted octanol–water partition coefficient (Wildman–Crippen LogP) is 0.560. The molecule has 90 valence electrons. The first kappa shape index (κ1) is 12.7. The van der Waals surface area contributed by atoms with Crippen molar-refractivity contribution in [1.29, 1.82) is 0 Å². The molecule has 5 nitrogen and oxygen atoms in total. The van der Waals surface area contributed by atoms with Crippen LogP contribution in [0.1, 0.15) is 23.9 Å². The van der Waals surface area contributed by atoms with Crippen LogP contribution in [-0.2, 0) is 11.2 Å². The third kappa shape index (κ3) is 3.66. The number of aryl methyl sites for hydroxylation is 2. The summed E-state index contributed by atoms with van der Waals surface area (Å²) in [6.45, 7) is 8.06. The van der Waals surface area contributed by atoms with E-state index >= 15 is 0 Å². The van der Waals surface area contributed by atoms with E-state index in [0.717, 1.165) is 30.1 Å². The largest absolute Gasteiger partial charge is 0.361 e. The van der Waals surface area contributed by atoms with Gasteiger partial charge in [0.05, 0.1) is 12.1 Å². The Labute approximate surface area is 95.6 Å². The summed E-state index contributed by atoms with van der Waals surface area (Å²) in [5.74, 6) is 0.728. The third-order valence-electron chi connectivity index (χ3n) is 2.39. The molecule has 0 radical (unpaired) electrons. The van der Waals surface area contributed by atoms with Gasteiger partial charge in [-0.25, -0.2) is 0 Å². The fraction of sp³-hybridized carbons (Fsp3) is 0.636. The Morgan fingerprint density at radius 1 is 1.38 bits per heavy atom. The number of amides is 1. The summed E-state index contributed by atoms with van der Waals surface area (Å²) in [5.41, 5.74) is 1.68. The van der Waals surface area contributed by atoms with Gasteiger partial charge in [0.25, 0.3) is 0 Å². The lowest BCUT2D eigenvalue weighted by Crippen LogP contribution is -2.32. The molecule has 0 bridgehead atoms. The first-order valence-corrected chi connectivity index (χ1v) is 5.54. The first-order chi connectivity index (χ1) is 7.65. The van der Waals surface area contributed by atoms with Crippen LogP contribution in [0, 0.1) is 13.8 Å². The Hall–Kier alpha value is -1.36. The van der Waals surface area contributed by atoms with E-state index in [-0.39, 0.29) is 5.91 Å². The van der Waals surface area contributed by atoms with Crippen molar-refractivity contribution in [1.82, 2.24) is 15.8 Å². The lowest BCUT2D eigenvalue weighted by molar-refractivity contribution is -0.120. The Balaban J connectivity index is 2.34. The van der Waals surface area contributed by atoms with Crippen LogP contribution in [-0.4, -0.2) is 30.7 Å². The molecular formula is C11H19N3O2. The number of rotatable bonds is 6. The number of carbonyl (C=O) groups excluding carboxylic acids is 1. The van der Waals surface area contributed by atoms with E-state index < -0.39 is 0 Å². The van der Waals surface area contributed by atoms with Gasteiger partial charge >= 0.3 is 0 Å². The summed E-state index contributed by atoms with van der Waals surface area (Å²) >= 11 is 0. The van der Waals surface area contributed by atoms with Gasteiger partial charge in [-0.05, 0) is 20.4 Å². The number of nitrogens with zero attached hydrogens (tertiary/aromatic N) is 1. The molecule has 1 heterocycles. The van der Waals surface area contributed by atoms with E-state index in [4.69, 9.17) is 4.52 Å². The van der Waals surface area contributed by atoms with Crippen molar-refractivity contribution in [2.24, 2.45) is 0 Å². The van der Waals surface area contributed by atoms with E-state index in [9.17, 15) is 4.79 Å². The van der Waals surface area contributed by atoms with E-state index in [2.05, 4.69) is 15.8 Å². The quantitative estimate of drug-likeness (QED) is 0.694. The van der Waals surface area contributed by atoms with Crippen LogP contribution in [0.4, 0.5) is 0 Å². The van der Waals surface area contributed by atoms with Gasteiger partial charge in [-0.3, -0.25) is 4.79 Å². The highest BCUT2D eigenvalue weighted by atomic mass is 16.5. The average molecular weight is 225 g/mol. The second kappa shape index (κ2) is 6.27. The molecule has 1 aromatic heterocycles. The smallest absolute Gasteiger partial charge is 0.224 e. The lowest BCUT2D eigenvalue weighted by atomic mass is 10.1. The van der Waals surface area contributed by atoms with Crippen LogP contribution < -0.4 is 10.6 Å². The summed E-state index contributed by atoms with van der Waals surface area (Å²) in [4.78, 5) is 11.6. The van der Waals surface area contributed by atoms with Gasteiger partial charge in [0, 0.05) is 18.7 Å². The monoisotopic (exact) mass is 225 g/mol. The van der Waals surface area contributed by atoms with E-state index in [1.165, 1.54) is 0 Å². The minimum atomic E-state index is 0.00676. The number of hydrogen-bond donors (Lipinski definition) is 2. The van der Waals surface area contributed by atoms with Gasteiger partial charge in [-0.1, -0.05) is 12.1 Å². The molecule has 0 aromatic carbocycles. The summed E-state index contributed by atoms with van der Waals surface area (Å²) in [5, 5.41) is 9.79. The maximum Gasteiger partial charge on any atom is 0.224 e. The molecule has 2 N–H and O–H groups in total. The Morgan fingerprint density at radius 2 is 2.12 bits per heavy atom. The van der Waals surface area contributed by atoms with Crippen LogP contribution >= 0.6 is 0 Å². The number of aromatic nitrogens is 1. The van der Waals surface area contributed by atoms with E-state index in [0.29, 0.717) is 13.0 Å². The number of carbonyl (C=O) groups is 1. The maximum atomic E-state index is 11.6. The zero-order valence-electron chi connectivity index (χ0n) is 10.1.